The molecule has 1 saturated heterocycles. The van der Waals surface area contributed by atoms with Gasteiger partial charge in [-0.25, -0.2) is 4.79 Å². The lowest BCUT2D eigenvalue weighted by Gasteiger charge is -2.31. The molecule has 1 aliphatic heterocycles. The Labute approximate surface area is 164 Å². The quantitative estimate of drug-likeness (QED) is 0.713. The number of likely N-dealkylation sites (tertiary alicyclic amines) is 1. The molecular formula is C21H25N5O2. The maximum atomic E-state index is 12.2. The van der Waals surface area contributed by atoms with Crippen molar-refractivity contribution in [2.75, 3.05) is 19.6 Å². The van der Waals surface area contributed by atoms with Crippen molar-refractivity contribution < 1.29 is 9.53 Å². The molecule has 1 N–H and O–H groups in total. The van der Waals surface area contributed by atoms with Crippen LogP contribution in [-0.2, 0) is 17.8 Å². The summed E-state index contributed by atoms with van der Waals surface area (Å²) in [4.78, 5) is 14.0. The molecule has 0 aliphatic carbocycles. The van der Waals surface area contributed by atoms with Gasteiger partial charge >= 0.3 is 6.09 Å². The number of benzene rings is 1. The fourth-order valence-electron chi connectivity index (χ4n) is 3.53. The van der Waals surface area contributed by atoms with E-state index in [4.69, 9.17) is 4.74 Å². The van der Waals surface area contributed by atoms with Gasteiger partial charge in [-0.15, -0.1) is 10.2 Å². The van der Waals surface area contributed by atoms with Gasteiger partial charge in [0.2, 0.25) is 0 Å². The van der Waals surface area contributed by atoms with Crippen LogP contribution >= 0.6 is 0 Å². The maximum absolute atomic E-state index is 12.2. The zero-order valence-electron chi connectivity index (χ0n) is 15.8. The van der Waals surface area contributed by atoms with Gasteiger partial charge in [0.25, 0.3) is 0 Å². The number of carbonyl (C=O) groups excluding carboxylic acids is 1. The van der Waals surface area contributed by atoms with Crippen molar-refractivity contribution in [3.05, 3.63) is 66.1 Å². The number of pyridine rings is 1. The molecular weight excluding hydrogens is 354 g/mol. The molecule has 1 fully saturated rings. The Balaban J connectivity index is 1.17. The number of hydrogen-bond donors (Lipinski definition) is 1. The van der Waals surface area contributed by atoms with Crippen LogP contribution in [0.3, 0.4) is 0 Å². The van der Waals surface area contributed by atoms with E-state index in [0.29, 0.717) is 12.6 Å². The summed E-state index contributed by atoms with van der Waals surface area (Å²) in [6.45, 7) is 2.61. The van der Waals surface area contributed by atoms with E-state index in [0.717, 1.165) is 55.9 Å². The molecule has 0 radical (unpaired) electrons. The topological polar surface area (TPSA) is 71.8 Å². The number of piperidine rings is 1. The van der Waals surface area contributed by atoms with Gasteiger partial charge in [-0.2, -0.15) is 0 Å². The molecule has 0 spiro atoms. The van der Waals surface area contributed by atoms with Crippen molar-refractivity contribution in [2.45, 2.75) is 31.9 Å². The highest BCUT2D eigenvalue weighted by molar-refractivity contribution is 5.67. The van der Waals surface area contributed by atoms with E-state index in [1.807, 2.05) is 59.1 Å². The van der Waals surface area contributed by atoms with Crippen LogP contribution in [0.4, 0.5) is 4.79 Å². The summed E-state index contributed by atoms with van der Waals surface area (Å²) in [5.41, 5.74) is 1.88. The summed E-state index contributed by atoms with van der Waals surface area (Å²) in [7, 11) is 0. The van der Waals surface area contributed by atoms with Crippen molar-refractivity contribution in [2.24, 2.45) is 0 Å². The smallest absolute Gasteiger partial charge is 0.410 e. The van der Waals surface area contributed by atoms with Crippen molar-refractivity contribution in [1.82, 2.24) is 24.8 Å². The molecule has 0 unspecified atom stereocenters. The monoisotopic (exact) mass is 379 g/mol. The Morgan fingerprint density at radius 1 is 1.07 bits per heavy atom. The van der Waals surface area contributed by atoms with Crippen molar-refractivity contribution in [3.63, 3.8) is 0 Å². The highest BCUT2D eigenvalue weighted by atomic mass is 16.6. The number of ether oxygens (including phenoxy) is 1. The number of amides is 1. The molecule has 4 rings (SSSR count). The Morgan fingerprint density at radius 2 is 1.86 bits per heavy atom. The van der Waals surface area contributed by atoms with Crippen molar-refractivity contribution in [1.29, 1.82) is 0 Å². The van der Waals surface area contributed by atoms with Crippen LogP contribution in [0, 0.1) is 0 Å². The standard InChI is InChI=1S/C21H25N5O2/c27-21(28-16-17-6-2-1-3-7-17)25-14-10-18(11-15-25)22-12-9-20-24-23-19-8-4-5-13-26(19)20/h1-8,13,18,22H,9-12,14-16H2. The third-order valence-electron chi connectivity index (χ3n) is 5.12. The minimum atomic E-state index is -0.225. The van der Waals surface area contributed by atoms with Crippen LogP contribution in [0.5, 0.6) is 0 Å². The molecule has 2 aromatic heterocycles. The Kier molecular flexibility index (Phi) is 5.82. The van der Waals surface area contributed by atoms with Crippen molar-refractivity contribution in [3.8, 4) is 0 Å². The zero-order chi connectivity index (χ0) is 19.2. The van der Waals surface area contributed by atoms with Crippen LogP contribution in [0.1, 0.15) is 24.2 Å². The largest absolute Gasteiger partial charge is 0.445 e. The Hall–Kier alpha value is -2.93. The summed E-state index contributed by atoms with van der Waals surface area (Å²) in [5, 5.41) is 12.0. The van der Waals surface area contributed by atoms with Crippen LogP contribution in [0.15, 0.2) is 54.7 Å². The second-order valence-electron chi connectivity index (χ2n) is 7.05. The van der Waals surface area contributed by atoms with Gasteiger partial charge in [0.1, 0.15) is 12.4 Å². The average Bonchev–Trinajstić information content (AvgIpc) is 3.16. The average molecular weight is 379 g/mol. The number of rotatable bonds is 6. The molecule has 7 nitrogen and oxygen atoms in total. The van der Waals surface area contributed by atoms with Crippen molar-refractivity contribution >= 4 is 11.7 Å². The third-order valence-corrected chi connectivity index (χ3v) is 5.12. The molecule has 3 heterocycles. The van der Waals surface area contributed by atoms with E-state index in [1.54, 1.807) is 4.90 Å². The zero-order valence-corrected chi connectivity index (χ0v) is 15.8. The van der Waals surface area contributed by atoms with Gasteiger partial charge in [0.15, 0.2) is 5.65 Å². The molecule has 28 heavy (non-hydrogen) atoms. The predicted molar refractivity (Wildman–Crippen MR) is 106 cm³/mol. The second-order valence-corrected chi connectivity index (χ2v) is 7.05. The van der Waals surface area contributed by atoms with E-state index in [2.05, 4.69) is 15.5 Å². The minimum absolute atomic E-state index is 0.225. The van der Waals surface area contributed by atoms with E-state index < -0.39 is 0 Å². The Morgan fingerprint density at radius 3 is 2.68 bits per heavy atom. The second kappa shape index (κ2) is 8.84. The number of nitrogens with zero attached hydrogens (tertiary/aromatic N) is 4. The molecule has 0 saturated carbocycles. The SMILES string of the molecule is O=C(OCc1ccccc1)N1CCC(NCCc2nnc3ccccn23)CC1. The van der Waals surface area contributed by atoms with Gasteiger partial charge in [0, 0.05) is 38.3 Å². The van der Waals surface area contributed by atoms with Gasteiger partial charge in [-0.05, 0) is 30.5 Å². The summed E-state index contributed by atoms with van der Waals surface area (Å²) >= 11 is 0. The maximum Gasteiger partial charge on any atom is 0.410 e. The van der Waals surface area contributed by atoms with E-state index in [-0.39, 0.29) is 6.09 Å². The van der Waals surface area contributed by atoms with Gasteiger partial charge < -0.3 is 15.0 Å². The number of aromatic nitrogens is 3. The lowest BCUT2D eigenvalue weighted by molar-refractivity contribution is 0.0853. The first kappa shape index (κ1) is 18.4. The molecule has 1 aromatic carbocycles. The molecule has 1 amide bonds. The summed E-state index contributed by atoms with van der Waals surface area (Å²) in [6, 6.07) is 16.1. The number of hydrogen-bond acceptors (Lipinski definition) is 5. The summed E-state index contributed by atoms with van der Waals surface area (Å²) in [6.07, 6.45) is 4.45. The fraction of sp³-hybridized carbons (Fsp3) is 0.381. The molecule has 3 aromatic rings. The first-order valence-electron chi connectivity index (χ1n) is 9.77. The first-order valence-corrected chi connectivity index (χ1v) is 9.77. The summed E-state index contributed by atoms with van der Waals surface area (Å²) < 4.78 is 7.44. The van der Waals surface area contributed by atoms with Gasteiger partial charge in [-0.3, -0.25) is 4.40 Å². The van der Waals surface area contributed by atoms with Gasteiger partial charge in [0.05, 0.1) is 0 Å². The molecule has 0 bridgehead atoms. The minimum Gasteiger partial charge on any atom is -0.445 e. The number of fused-ring (bicyclic) bond motifs is 1. The van der Waals surface area contributed by atoms with Crippen LogP contribution in [0.25, 0.3) is 5.65 Å². The van der Waals surface area contributed by atoms with Gasteiger partial charge in [-0.1, -0.05) is 36.4 Å². The lowest BCUT2D eigenvalue weighted by Crippen LogP contribution is -2.45. The number of carbonyl (C=O) groups is 1. The third kappa shape index (κ3) is 4.48. The van der Waals surface area contributed by atoms with E-state index >= 15 is 0 Å². The normalized spacial score (nSPS) is 15.1. The molecule has 146 valence electrons. The van der Waals surface area contributed by atoms with E-state index in [1.165, 1.54) is 0 Å². The lowest BCUT2D eigenvalue weighted by atomic mass is 10.1. The fourth-order valence-corrected chi connectivity index (χ4v) is 3.53. The van der Waals surface area contributed by atoms with Crippen LogP contribution < -0.4 is 5.32 Å². The highest BCUT2D eigenvalue weighted by Gasteiger charge is 2.23. The van der Waals surface area contributed by atoms with Crippen LogP contribution in [0.2, 0.25) is 0 Å². The number of nitrogens with one attached hydrogen (secondary N) is 1. The van der Waals surface area contributed by atoms with Crippen LogP contribution in [-0.4, -0.2) is 51.3 Å². The molecule has 0 atom stereocenters. The molecule has 1 aliphatic rings. The summed E-state index contributed by atoms with van der Waals surface area (Å²) in [5.74, 6) is 0.963. The first-order chi connectivity index (χ1) is 13.8. The Bertz CT molecular complexity index is 903. The molecule has 7 heteroatoms. The van der Waals surface area contributed by atoms with E-state index in [9.17, 15) is 4.79 Å². The predicted octanol–water partition coefficient (Wildman–Crippen LogP) is 2.66. The highest BCUT2D eigenvalue weighted by Crippen LogP contribution is 2.13.